The van der Waals surface area contributed by atoms with Crippen LogP contribution in [0.15, 0.2) is 51.7 Å². The summed E-state index contributed by atoms with van der Waals surface area (Å²) in [6.45, 7) is 0. The zero-order valence-corrected chi connectivity index (χ0v) is 15.7. The van der Waals surface area contributed by atoms with Gasteiger partial charge in [-0.1, -0.05) is 6.07 Å². The highest BCUT2D eigenvalue weighted by Crippen LogP contribution is 2.43. The Balaban J connectivity index is 1.54. The SMILES string of the molecule is COc1ccc2c(c1OC)C(=O)O[C@@H]2CC(=O)Nc1ccc2oc(=O)ccc2c1. The molecule has 0 radical (unpaired) electrons. The Kier molecular flexibility index (Phi) is 4.67. The van der Waals surface area contributed by atoms with E-state index in [2.05, 4.69) is 5.32 Å². The summed E-state index contributed by atoms with van der Waals surface area (Å²) < 4.78 is 21.0. The Hall–Kier alpha value is -3.81. The monoisotopic (exact) mass is 395 g/mol. The molecule has 0 fully saturated rings. The maximum absolute atomic E-state index is 12.5. The highest BCUT2D eigenvalue weighted by molar-refractivity contribution is 5.99. The van der Waals surface area contributed by atoms with E-state index in [1.54, 1.807) is 36.4 Å². The lowest BCUT2D eigenvalue weighted by Crippen LogP contribution is -2.15. The van der Waals surface area contributed by atoms with Gasteiger partial charge >= 0.3 is 11.6 Å². The largest absolute Gasteiger partial charge is 0.493 e. The van der Waals surface area contributed by atoms with Crippen LogP contribution in [-0.2, 0) is 9.53 Å². The van der Waals surface area contributed by atoms with E-state index in [-0.39, 0.29) is 23.6 Å². The first-order valence-electron chi connectivity index (χ1n) is 8.80. The zero-order valence-electron chi connectivity index (χ0n) is 15.7. The number of amides is 1. The summed E-state index contributed by atoms with van der Waals surface area (Å²) in [5.41, 5.74) is 1.36. The smallest absolute Gasteiger partial charge is 0.343 e. The molecule has 0 bridgehead atoms. The summed E-state index contributed by atoms with van der Waals surface area (Å²) >= 11 is 0. The lowest BCUT2D eigenvalue weighted by atomic mass is 10.0. The zero-order chi connectivity index (χ0) is 20.5. The van der Waals surface area contributed by atoms with Crippen LogP contribution in [-0.4, -0.2) is 26.1 Å². The van der Waals surface area contributed by atoms with Crippen molar-refractivity contribution >= 4 is 28.5 Å². The molecule has 2 heterocycles. The van der Waals surface area contributed by atoms with E-state index in [1.165, 1.54) is 20.3 Å². The number of hydrogen-bond acceptors (Lipinski definition) is 7. The van der Waals surface area contributed by atoms with E-state index in [0.29, 0.717) is 28.0 Å². The number of fused-ring (bicyclic) bond motifs is 2. The molecule has 0 saturated carbocycles. The lowest BCUT2D eigenvalue weighted by molar-refractivity contribution is -0.118. The average molecular weight is 395 g/mol. The Morgan fingerprint density at radius 2 is 1.90 bits per heavy atom. The molecule has 1 atom stereocenters. The molecule has 1 amide bonds. The van der Waals surface area contributed by atoms with Crippen molar-refractivity contribution in [3.8, 4) is 11.5 Å². The lowest BCUT2D eigenvalue weighted by Gasteiger charge is -2.13. The highest BCUT2D eigenvalue weighted by atomic mass is 16.6. The predicted octanol–water partition coefficient (Wildman–Crippen LogP) is 3.05. The molecule has 4 rings (SSSR count). The fourth-order valence-corrected chi connectivity index (χ4v) is 3.35. The standard InChI is InChI=1S/C21H17NO7/c1-26-15-7-5-13-16(29-21(25)19(13)20(15)27-2)10-17(23)22-12-4-6-14-11(9-12)3-8-18(24)28-14/h3-9,16H,10H2,1-2H3,(H,22,23)/t16-/m1/s1. The molecule has 1 N–H and O–H groups in total. The number of benzene rings is 2. The van der Waals surface area contributed by atoms with Gasteiger partial charge in [0.25, 0.3) is 0 Å². The summed E-state index contributed by atoms with van der Waals surface area (Å²) in [7, 11) is 2.91. The number of hydrogen-bond donors (Lipinski definition) is 1. The van der Waals surface area contributed by atoms with E-state index < -0.39 is 17.7 Å². The quantitative estimate of drug-likeness (QED) is 0.523. The van der Waals surface area contributed by atoms with Crippen LogP contribution in [0.5, 0.6) is 11.5 Å². The van der Waals surface area contributed by atoms with Gasteiger partial charge in [0.1, 0.15) is 17.3 Å². The molecule has 2 aromatic carbocycles. The van der Waals surface area contributed by atoms with Gasteiger partial charge in [0, 0.05) is 22.7 Å². The van der Waals surface area contributed by atoms with Crippen LogP contribution in [0.1, 0.15) is 28.4 Å². The molecule has 0 spiro atoms. The molecule has 0 saturated heterocycles. The van der Waals surface area contributed by atoms with E-state index in [4.69, 9.17) is 18.6 Å². The van der Waals surface area contributed by atoms with Crippen molar-refractivity contribution in [3.05, 3.63) is 64.0 Å². The summed E-state index contributed by atoms with van der Waals surface area (Å²) in [5, 5.41) is 3.44. The van der Waals surface area contributed by atoms with Crippen molar-refractivity contribution in [2.75, 3.05) is 19.5 Å². The number of nitrogens with one attached hydrogen (secondary N) is 1. The van der Waals surface area contributed by atoms with Crippen LogP contribution in [0, 0.1) is 0 Å². The predicted molar refractivity (Wildman–Crippen MR) is 103 cm³/mol. The highest BCUT2D eigenvalue weighted by Gasteiger charge is 2.36. The van der Waals surface area contributed by atoms with E-state index in [1.807, 2.05) is 0 Å². The second-order valence-corrected chi connectivity index (χ2v) is 6.42. The van der Waals surface area contributed by atoms with Crippen molar-refractivity contribution in [2.45, 2.75) is 12.5 Å². The number of carbonyl (C=O) groups is 2. The van der Waals surface area contributed by atoms with Gasteiger partial charge in [0.15, 0.2) is 11.5 Å². The van der Waals surface area contributed by atoms with Gasteiger partial charge in [-0.15, -0.1) is 0 Å². The summed E-state index contributed by atoms with van der Waals surface area (Å²) in [4.78, 5) is 36.1. The number of cyclic esters (lactones) is 1. The van der Waals surface area contributed by atoms with Crippen molar-refractivity contribution < 1.29 is 28.2 Å². The number of ether oxygens (including phenoxy) is 3. The summed E-state index contributed by atoms with van der Waals surface area (Å²) in [6.07, 6.45) is -0.786. The molecule has 1 aliphatic heterocycles. The molecule has 3 aromatic rings. The third-order valence-corrected chi connectivity index (χ3v) is 4.65. The van der Waals surface area contributed by atoms with Crippen molar-refractivity contribution in [2.24, 2.45) is 0 Å². The molecule has 8 heteroatoms. The number of carbonyl (C=O) groups excluding carboxylic acids is 2. The molecule has 0 unspecified atom stereocenters. The van der Waals surface area contributed by atoms with Crippen LogP contribution < -0.4 is 20.4 Å². The fourth-order valence-electron chi connectivity index (χ4n) is 3.35. The molecule has 148 valence electrons. The first-order chi connectivity index (χ1) is 14.0. The Labute approximate surface area is 165 Å². The molecule has 0 aliphatic carbocycles. The van der Waals surface area contributed by atoms with Gasteiger partial charge in [-0.25, -0.2) is 9.59 Å². The Morgan fingerprint density at radius 3 is 2.66 bits per heavy atom. The van der Waals surface area contributed by atoms with Gasteiger partial charge in [-0.2, -0.15) is 0 Å². The van der Waals surface area contributed by atoms with E-state index in [9.17, 15) is 14.4 Å². The first-order valence-corrected chi connectivity index (χ1v) is 8.80. The minimum absolute atomic E-state index is 0.0594. The number of rotatable bonds is 5. The fraction of sp³-hybridized carbons (Fsp3) is 0.190. The van der Waals surface area contributed by atoms with Crippen molar-refractivity contribution in [1.82, 2.24) is 0 Å². The van der Waals surface area contributed by atoms with E-state index in [0.717, 1.165) is 0 Å². The van der Waals surface area contributed by atoms with Crippen molar-refractivity contribution in [3.63, 3.8) is 0 Å². The summed E-state index contributed by atoms with van der Waals surface area (Å²) in [6, 6.07) is 11.2. The van der Waals surface area contributed by atoms with Gasteiger partial charge in [0.05, 0.1) is 20.6 Å². The van der Waals surface area contributed by atoms with Crippen LogP contribution in [0.25, 0.3) is 11.0 Å². The Morgan fingerprint density at radius 1 is 1.07 bits per heavy atom. The normalized spacial score (nSPS) is 15.0. The van der Waals surface area contributed by atoms with Crippen LogP contribution in [0.3, 0.4) is 0 Å². The van der Waals surface area contributed by atoms with Gasteiger partial charge < -0.3 is 23.9 Å². The van der Waals surface area contributed by atoms with Gasteiger partial charge in [-0.3, -0.25) is 4.79 Å². The topological polar surface area (TPSA) is 104 Å². The van der Waals surface area contributed by atoms with E-state index >= 15 is 0 Å². The van der Waals surface area contributed by atoms with Gasteiger partial charge in [0.2, 0.25) is 5.91 Å². The first kappa shape index (κ1) is 18.5. The minimum Gasteiger partial charge on any atom is -0.493 e. The van der Waals surface area contributed by atoms with Crippen LogP contribution in [0.2, 0.25) is 0 Å². The van der Waals surface area contributed by atoms with Crippen molar-refractivity contribution in [1.29, 1.82) is 0 Å². The molecule has 29 heavy (non-hydrogen) atoms. The number of methoxy groups -OCH3 is 2. The maximum atomic E-state index is 12.5. The number of esters is 1. The molecular weight excluding hydrogens is 378 g/mol. The number of anilines is 1. The summed E-state index contributed by atoms with van der Waals surface area (Å²) in [5.74, 6) is -0.193. The second kappa shape index (κ2) is 7.31. The molecular formula is C21H17NO7. The molecule has 1 aliphatic rings. The Bertz CT molecular complexity index is 1180. The second-order valence-electron chi connectivity index (χ2n) is 6.42. The third kappa shape index (κ3) is 3.40. The molecule has 1 aromatic heterocycles. The van der Waals surface area contributed by atoms with Gasteiger partial charge in [-0.05, 0) is 30.3 Å². The third-order valence-electron chi connectivity index (χ3n) is 4.65. The van der Waals surface area contributed by atoms with Crippen LogP contribution >= 0.6 is 0 Å². The average Bonchev–Trinajstić information content (AvgIpc) is 3.02. The van der Waals surface area contributed by atoms with Crippen LogP contribution in [0.4, 0.5) is 5.69 Å². The minimum atomic E-state index is -0.726. The maximum Gasteiger partial charge on any atom is 0.343 e. The molecule has 8 nitrogen and oxygen atoms in total.